The van der Waals surface area contributed by atoms with Gasteiger partial charge in [0.2, 0.25) is 12.9 Å². The molecule has 2 aromatic rings. The molecule has 3 atom stereocenters. The van der Waals surface area contributed by atoms with Crippen molar-refractivity contribution in [2.75, 3.05) is 19.9 Å². The van der Waals surface area contributed by atoms with E-state index in [0.29, 0.717) is 23.1 Å². The van der Waals surface area contributed by atoms with Gasteiger partial charge in [-0.1, -0.05) is 17.7 Å². The molecule has 5 rings (SSSR count). The molecule has 0 N–H and O–H groups in total. The number of carbonyl (C=O) groups is 1. The lowest BCUT2D eigenvalue weighted by Crippen LogP contribution is -2.62. The standard InChI is InChI=1S/C21H20ClNO5/c22-14-4-6-15(7-5-14)28-20-19(13-3-8-17-18(10-13)27-12-26-17)23(21(20)24)11-16-2-1-9-25-16/h3-8,10,16,19-20H,1-2,9,11-12H2/t16-,19-,20-/m1/s1. The monoisotopic (exact) mass is 401 g/mol. The van der Waals surface area contributed by atoms with Crippen LogP contribution in [0.2, 0.25) is 5.02 Å². The summed E-state index contributed by atoms with van der Waals surface area (Å²) in [4.78, 5) is 14.7. The highest BCUT2D eigenvalue weighted by atomic mass is 35.5. The van der Waals surface area contributed by atoms with Crippen molar-refractivity contribution in [3.63, 3.8) is 0 Å². The van der Waals surface area contributed by atoms with Gasteiger partial charge in [0.25, 0.3) is 5.91 Å². The van der Waals surface area contributed by atoms with Gasteiger partial charge in [-0.05, 0) is 54.8 Å². The molecule has 3 heterocycles. The summed E-state index contributed by atoms with van der Waals surface area (Å²) in [7, 11) is 0. The molecule has 0 aliphatic carbocycles. The number of halogens is 1. The van der Waals surface area contributed by atoms with Gasteiger partial charge in [-0.15, -0.1) is 0 Å². The number of benzene rings is 2. The number of fused-ring (bicyclic) bond motifs is 1. The van der Waals surface area contributed by atoms with Crippen LogP contribution in [0.15, 0.2) is 42.5 Å². The minimum absolute atomic E-state index is 0.0342. The largest absolute Gasteiger partial charge is 0.478 e. The number of β-lactam (4-membered cyclic amide) rings is 1. The zero-order valence-corrected chi connectivity index (χ0v) is 15.9. The first-order chi connectivity index (χ1) is 13.7. The van der Waals surface area contributed by atoms with Crippen LogP contribution in [0.25, 0.3) is 0 Å². The van der Waals surface area contributed by atoms with E-state index in [1.54, 1.807) is 24.3 Å². The second-order valence-electron chi connectivity index (χ2n) is 7.18. The van der Waals surface area contributed by atoms with Crippen molar-refractivity contribution in [3.05, 3.63) is 53.1 Å². The number of carbonyl (C=O) groups excluding carboxylic acids is 1. The molecule has 0 radical (unpaired) electrons. The number of rotatable bonds is 5. The van der Waals surface area contributed by atoms with E-state index < -0.39 is 6.10 Å². The van der Waals surface area contributed by atoms with Crippen LogP contribution in [-0.4, -0.2) is 43.0 Å². The Morgan fingerprint density at radius 3 is 2.71 bits per heavy atom. The maximum Gasteiger partial charge on any atom is 0.266 e. The molecule has 0 spiro atoms. The van der Waals surface area contributed by atoms with Gasteiger partial charge in [0.05, 0.1) is 6.10 Å². The van der Waals surface area contributed by atoms with Crippen LogP contribution in [0.4, 0.5) is 0 Å². The first-order valence-electron chi connectivity index (χ1n) is 9.43. The first-order valence-corrected chi connectivity index (χ1v) is 9.81. The van der Waals surface area contributed by atoms with Crippen molar-refractivity contribution < 1.29 is 23.7 Å². The maximum atomic E-state index is 12.9. The second kappa shape index (κ2) is 7.18. The zero-order valence-electron chi connectivity index (χ0n) is 15.2. The second-order valence-corrected chi connectivity index (χ2v) is 7.61. The van der Waals surface area contributed by atoms with Crippen LogP contribution < -0.4 is 14.2 Å². The van der Waals surface area contributed by atoms with Crippen molar-refractivity contribution in [1.82, 2.24) is 4.90 Å². The summed E-state index contributed by atoms with van der Waals surface area (Å²) >= 11 is 5.95. The lowest BCUT2D eigenvalue weighted by atomic mass is 9.89. The molecule has 146 valence electrons. The van der Waals surface area contributed by atoms with Crippen LogP contribution in [0.3, 0.4) is 0 Å². The molecule has 3 aliphatic heterocycles. The Labute approximate surface area is 167 Å². The predicted octanol–water partition coefficient (Wildman–Crippen LogP) is 3.58. The summed E-state index contributed by atoms with van der Waals surface area (Å²) in [5.74, 6) is 1.99. The molecule has 7 heteroatoms. The lowest BCUT2D eigenvalue weighted by Gasteiger charge is -2.47. The molecule has 0 unspecified atom stereocenters. The van der Waals surface area contributed by atoms with E-state index in [1.165, 1.54) is 0 Å². The van der Waals surface area contributed by atoms with Crippen LogP contribution in [0.5, 0.6) is 17.2 Å². The van der Waals surface area contributed by atoms with Crippen molar-refractivity contribution in [2.45, 2.75) is 31.1 Å². The smallest absolute Gasteiger partial charge is 0.266 e. The first kappa shape index (κ1) is 17.6. The third kappa shape index (κ3) is 3.16. The fourth-order valence-electron chi connectivity index (χ4n) is 3.95. The van der Waals surface area contributed by atoms with Crippen molar-refractivity contribution in [1.29, 1.82) is 0 Å². The number of hydrogen-bond donors (Lipinski definition) is 0. The van der Waals surface area contributed by atoms with Gasteiger partial charge in [0.1, 0.15) is 11.8 Å². The van der Waals surface area contributed by atoms with E-state index in [9.17, 15) is 4.79 Å². The van der Waals surface area contributed by atoms with Crippen molar-refractivity contribution in [3.8, 4) is 17.2 Å². The molecule has 1 amide bonds. The molecular weight excluding hydrogens is 382 g/mol. The number of likely N-dealkylation sites (tertiary alicyclic amines) is 1. The zero-order chi connectivity index (χ0) is 19.1. The lowest BCUT2D eigenvalue weighted by molar-refractivity contribution is -0.167. The van der Waals surface area contributed by atoms with Gasteiger partial charge >= 0.3 is 0 Å². The third-order valence-corrected chi connectivity index (χ3v) is 5.64. The summed E-state index contributed by atoms with van der Waals surface area (Å²) < 4.78 is 22.7. The summed E-state index contributed by atoms with van der Waals surface area (Å²) in [6.07, 6.45) is 1.49. The normalized spacial score (nSPS) is 25.7. The number of hydrogen-bond acceptors (Lipinski definition) is 5. The quantitative estimate of drug-likeness (QED) is 0.717. The Balaban J connectivity index is 1.41. The Bertz CT molecular complexity index is 881. The van der Waals surface area contributed by atoms with E-state index in [1.807, 2.05) is 23.1 Å². The minimum atomic E-state index is -0.594. The molecule has 2 aromatic carbocycles. The molecule has 2 saturated heterocycles. The van der Waals surface area contributed by atoms with Gasteiger partial charge in [0, 0.05) is 18.2 Å². The fourth-order valence-corrected chi connectivity index (χ4v) is 4.08. The minimum Gasteiger partial charge on any atom is -0.478 e. The summed E-state index contributed by atoms with van der Waals surface area (Å²) in [6, 6.07) is 12.6. The van der Waals surface area contributed by atoms with E-state index in [2.05, 4.69) is 0 Å². The van der Waals surface area contributed by atoms with E-state index in [0.717, 1.165) is 30.8 Å². The van der Waals surface area contributed by atoms with Crippen LogP contribution in [0, 0.1) is 0 Å². The van der Waals surface area contributed by atoms with Gasteiger partial charge in [-0.25, -0.2) is 0 Å². The molecule has 0 bridgehead atoms. The average molecular weight is 402 g/mol. The van der Waals surface area contributed by atoms with E-state index in [4.69, 9.17) is 30.5 Å². The summed E-state index contributed by atoms with van der Waals surface area (Å²) in [5, 5.41) is 0.625. The van der Waals surface area contributed by atoms with E-state index >= 15 is 0 Å². The average Bonchev–Trinajstić information content (AvgIpc) is 3.39. The highest BCUT2D eigenvalue weighted by Gasteiger charge is 2.51. The van der Waals surface area contributed by atoms with Crippen LogP contribution in [0.1, 0.15) is 24.4 Å². The van der Waals surface area contributed by atoms with Crippen molar-refractivity contribution >= 4 is 17.5 Å². The molecule has 6 nitrogen and oxygen atoms in total. The maximum absolute atomic E-state index is 12.9. The highest BCUT2D eigenvalue weighted by molar-refractivity contribution is 6.30. The number of nitrogens with zero attached hydrogens (tertiary/aromatic N) is 1. The Hall–Kier alpha value is -2.44. The van der Waals surface area contributed by atoms with Crippen molar-refractivity contribution in [2.24, 2.45) is 0 Å². The number of ether oxygens (including phenoxy) is 4. The Morgan fingerprint density at radius 2 is 1.93 bits per heavy atom. The molecule has 2 fully saturated rings. The van der Waals surface area contributed by atoms with Gasteiger partial charge in [0.15, 0.2) is 11.5 Å². The molecular formula is C21H20ClNO5. The third-order valence-electron chi connectivity index (χ3n) is 5.39. The van der Waals surface area contributed by atoms with Crippen LogP contribution in [-0.2, 0) is 9.53 Å². The summed E-state index contributed by atoms with van der Waals surface area (Å²) in [6.45, 7) is 1.54. The molecule has 3 aliphatic rings. The van der Waals surface area contributed by atoms with Gasteiger partial charge in [-0.2, -0.15) is 0 Å². The van der Waals surface area contributed by atoms with E-state index in [-0.39, 0.29) is 24.8 Å². The molecule has 0 aromatic heterocycles. The van der Waals surface area contributed by atoms with Gasteiger partial charge < -0.3 is 23.8 Å². The highest BCUT2D eigenvalue weighted by Crippen LogP contribution is 2.42. The fraction of sp³-hybridized carbons (Fsp3) is 0.381. The SMILES string of the molecule is O=C1[C@H](Oc2ccc(Cl)cc2)[C@@H](c2ccc3c(c2)OCO3)N1C[C@H]1CCCO1. The molecule has 28 heavy (non-hydrogen) atoms. The number of amides is 1. The predicted molar refractivity (Wildman–Crippen MR) is 102 cm³/mol. The topological polar surface area (TPSA) is 57.2 Å². The van der Waals surface area contributed by atoms with Crippen LogP contribution >= 0.6 is 11.6 Å². The Morgan fingerprint density at radius 1 is 1.11 bits per heavy atom. The van der Waals surface area contributed by atoms with Gasteiger partial charge in [-0.3, -0.25) is 4.79 Å². The Kier molecular flexibility index (Phi) is 4.53. The summed E-state index contributed by atoms with van der Waals surface area (Å²) in [5.41, 5.74) is 0.959. The molecule has 0 saturated carbocycles.